The maximum Gasteiger partial charge on any atom is 0.132 e. The summed E-state index contributed by atoms with van der Waals surface area (Å²) < 4.78 is 32.4. The van der Waals surface area contributed by atoms with Gasteiger partial charge in [-0.15, -0.1) is 0 Å². The third kappa shape index (κ3) is 4.26. The van der Waals surface area contributed by atoms with Crippen LogP contribution in [0.25, 0.3) is 0 Å². The highest BCUT2D eigenvalue weighted by Gasteiger charge is 2.13. The molecule has 0 heterocycles. The zero-order valence-corrected chi connectivity index (χ0v) is 12.2. The summed E-state index contributed by atoms with van der Waals surface area (Å²) >= 11 is 0. The molecule has 2 rings (SSSR count). The number of halogens is 2. The Balaban J connectivity index is 2.26. The van der Waals surface area contributed by atoms with Gasteiger partial charge in [0.25, 0.3) is 0 Å². The molecule has 0 amide bonds. The zero-order chi connectivity index (χ0) is 15.2. The smallest absolute Gasteiger partial charge is 0.132 e. The number of hydrogen-bond acceptors (Lipinski definition) is 2. The van der Waals surface area contributed by atoms with Crippen molar-refractivity contribution < 1.29 is 13.5 Å². The Kier molecular flexibility index (Phi) is 5.28. The van der Waals surface area contributed by atoms with Gasteiger partial charge in [-0.2, -0.15) is 0 Å². The van der Waals surface area contributed by atoms with E-state index < -0.39 is 0 Å². The molecule has 0 bridgehead atoms. The van der Waals surface area contributed by atoms with Crippen LogP contribution in [0.15, 0.2) is 42.5 Å². The molecule has 2 aromatic rings. The first kappa shape index (κ1) is 15.4. The quantitative estimate of drug-likeness (QED) is 0.824. The minimum Gasteiger partial charge on any atom is -0.457 e. The van der Waals surface area contributed by atoms with Gasteiger partial charge in [-0.05, 0) is 50.2 Å². The van der Waals surface area contributed by atoms with Crippen molar-refractivity contribution in [1.29, 1.82) is 0 Å². The molecule has 2 nitrogen and oxygen atoms in total. The van der Waals surface area contributed by atoms with E-state index in [1.165, 1.54) is 24.3 Å². The van der Waals surface area contributed by atoms with Crippen LogP contribution in [-0.4, -0.2) is 6.54 Å². The molecule has 1 unspecified atom stereocenters. The number of nitrogens with one attached hydrogen (secondary N) is 1. The van der Waals surface area contributed by atoms with Crippen LogP contribution < -0.4 is 10.1 Å². The third-order valence-corrected chi connectivity index (χ3v) is 3.16. The Labute approximate surface area is 123 Å². The second-order valence-electron chi connectivity index (χ2n) is 4.92. The summed E-state index contributed by atoms with van der Waals surface area (Å²) in [5.74, 6) is 0.235. The fraction of sp³-hybridized carbons (Fsp3) is 0.294. The summed E-state index contributed by atoms with van der Waals surface area (Å²) in [6.07, 6.45) is 0.986. The van der Waals surface area contributed by atoms with Crippen molar-refractivity contribution in [2.24, 2.45) is 0 Å². The molecular formula is C17H19F2NO. The van der Waals surface area contributed by atoms with Crippen molar-refractivity contribution in [1.82, 2.24) is 5.32 Å². The summed E-state index contributed by atoms with van der Waals surface area (Å²) in [6.45, 7) is 4.84. The molecule has 0 fully saturated rings. The van der Waals surface area contributed by atoms with E-state index in [1.807, 2.05) is 6.92 Å². The zero-order valence-electron chi connectivity index (χ0n) is 12.2. The molecule has 0 aromatic heterocycles. The Bertz CT molecular complexity index is 601. The summed E-state index contributed by atoms with van der Waals surface area (Å²) in [5, 5.41) is 3.29. The first-order valence-corrected chi connectivity index (χ1v) is 7.06. The molecule has 0 aliphatic rings. The topological polar surface area (TPSA) is 21.3 Å². The van der Waals surface area contributed by atoms with Gasteiger partial charge in [0.1, 0.15) is 23.1 Å². The highest BCUT2D eigenvalue weighted by atomic mass is 19.1. The van der Waals surface area contributed by atoms with Crippen molar-refractivity contribution in [3.8, 4) is 11.5 Å². The van der Waals surface area contributed by atoms with Crippen LogP contribution in [0, 0.1) is 11.6 Å². The van der Waals surface area contributed by atoms with Crippen LogP contribution in [0.5, 0.6) is 11.5 Å². The van der Waals surface area contributed by atoms with Gasteiger partial charge in [0.05, 0.1) is 0 Å². The lowest BCUT2D eigenvalue weighted by Gasteiger charge is -2.18. The number of hydrogen-bond donors (Lipinski definition) is 1. The molecule has 1 atom stereocenters. The van der Waals surface area contributed by atoms with Gasteiger partial charge in [0, 0.05) is 17.7 Å². The van der Waals surface area contributed by atoms with Gasteiger partial charge in [0.2, 0.25) is 0 Å². The van der Waals surface area contributed by atoms with Crippen molar-refractivity contribution in [3.05, 3.63) is 59.7 Å². The number of benzene rings is 2. The monoisotopic (exact) mass is 291 g/mol. The largest absolute Gasteiger partial charge is 0.457 e. The summed E-state index contributed by atoms with van der Waals surface area (Å²) in [5.41, 5.74) is 0.715. The molecule has 0 radical (unpaired) electrons. The highest BCUT2D eigenvalue weighted by Crippen LogP contribution is 2.30. The first-order chi connectivity index (χ1) is 10.1. The Hall–Kier alpha value is -1.94. The Morgan fingerprint density at radius 1 is 1.10 bits per heavy atom. The minimum absolute atomic E-state index is 0.0517. The molecule has 0 saturated heterocycles. The maximum absolute atomic E-state index is 13.5. The van der Waals surface area contributed by atoms with Gasteiger partial charge >= 0.3 is 0 Å². The van der Waals surface area contributed by atoms with Crippen molar-refractivity contribution in [2.45, 2.75) is 26.3 Å². The van der Waals surface area contributed by atoms with Crippen LogP contribution in [0.1, 0.15) is 31.9 Å². The van der Waals surface area contributed by atoms with Gasteiger partial charge in [-0.3, -0.25) is 0 Å². The Morgan fingerprint density at radius 2 is 1.86 bits per heavy atom. The molecule has 4 heteroatoms. The lowest BCUT2D eigenvalue weighted by atomic mass is 10.1. The highest BCUT2D eigenvalue weighted by molar-refractivity contribution is 5.40. The van der Waals surface area contributed by atoms with Crippen LogP contribution in [0.4, 0.5) is 8.78 Å². The van der Waals surface area contributed by atoms with Crippen LogP contribution in [0.3, 0.4) is 0 Å². The second-order valence-corrected chi connectivity index (χ2v) is 4.92. The molecule has 0 spiro atoms. The Morgan fingerprint density at radius 3 is 2.57 bits per heavy atom. The van der Waals surface area contributed by atoms with E-state index in [1.54, 1.807) is 18.2 Å². The number of rotatable bonds is 6. The van der Waals surface area contributed by atoms with E-state index in [0.717, 1.165) is 13.0 Å². The lowest BCUT2D eigenvalue weighted by molar-refractivity contribution is 0.453. The first-order valence-electron chi connectivity index (χ1n) is 7.06. The third-order valence-electron chi connectivity index (χ3n) is 3.16. The standard InChI is InChI=1S/C17H19F2NO/c1-3-9-20-12(2)16-11-14(19)7-8-17(16)21-15-6-4-5-13(18)10-15/h4-8,10-12,20H,3,9H2,1-2H3. The molecule has 0 aliphatic heterocycles. The van der Waals surface area contributed by atoms with Crippen molar-refractivity contribution >= 4 is 0 Å². The fourth-order valence-electron chi connectivity index (χ4n) is 2.08. The van der Waals surface area contributed by atoms with Crippen molar-refractivity contribution in [3.63, 3.8) is 0 Å². The van der Waals surface area contributed by atoms with E-state index in [0.29, 0.717) is 17.1 Å². The fourth-order valence-corrected chi connectivity index (χ4v) is 2.08. The van der Waals surface area contributed by atoms with Gasteiger partial charge in [-0.25, -0.2) is 8.78 Å². The molecule has 0 aliphatic carbocycles. The number of ether oxygens (including phenoxy) is 1. The molecule has 0 saturated carbocycles. The van der Waals surface area contributed by atoms with E-state index in [9.17, 15) is 8.78 Å². The average molecular weight is 291 g/mol. The second kappa shape index (κ2) is 7.18. The van der Waals surface area contributed by atoms with Crippen molar-refractivity contribution in [2.75, 3.05) is 6.54 Å². The summed E-state index contributed by atoms with van der Waals surface area (Å²) in [4.78, 5) is 0. The molecule has 1 N–H and O–H groups in total. The molecule has 2 aromatic carbocycles. The predicted octanol–water partition coefficient (Wildman–Crippen LogP) is 4.82. The van der Waals surface area contributed by atoms with E-state index in [2.05, 4.69) is 12.2 Å². The van der Waals surface area contributed by atoms with Crippen LogP contribution >= 0.6 is 0 Å². The molecule has 21 heavy (non-hydrogen) atoms. The predicted molar refractivity (Wildman–Crippen MR) is 79.6 cm³/mol. The summed E-state index contributed by atoms with van der Waals surface area (Å²) in [6, 6.07) is 10.2. The normalized spacial score (nSPS) is 12.2. The van der Waals surface area contributed by atoms with E-state index in [-0.39, 0.29) is 17.7 Å². The molecular weight excluding hydrogens is 272 g/mol. The van der Waals surface area contributed by atoms with Gasteiger partial charge < -0.3 is 10.1 Å². The minimum atomic E-state index is -0.367. The molecule has 112 valence electrons. The summed E-state index contributed by atoms with van der Waals surface area (Å²) in [7, 11) is 0. The maximum atomic E-state index is 13.5. The van der Waals surface area contributed by atoms with E-state index >= 15 is 0 Å². The van der Waals surface area contributed by atoms with Gasteiger partial charge in [-0.1, -0.05) is 13.0 Å². The van der Waals surface area contributed by atoms with Gasteiger partial charge in [0.15, 0.2) is 0 Å². The SMILES string of the molecule is CCCNC(C)c1cc(F)ccc1Oc1cccc(F)c1. The average Bonchev–Trinajstić information content (AvgIpc) is 2.46. The van der Waals surface area contributed by atoms with Crippen LogP contribution in [-0.2, 0) is 0 Å². The van der Waals surface area contributed by atoms with Crippen LogP contribution in [0.2, 0.25) is 0 Å². The van der Waals surface area contributed by atoms with E-state index in [4.69, 9.17) is 4.74 Å². The lowest BCUT2D eigenvalue weighted by Crippen LogP contribution is -2.19.